The summed E-state index contributed by atoms with van der Waals surface area (Å²) in [4.78, 5) is 0. The Morgan fingerprint density at radius 3 is 2.06 bits per heavy atom. The van der Waals surface area contributed by atoms with E-state index in [0.29, 0.717) is 0 Å². The smallest absolute Gasteiger partial charge is 0.388 e. The number of halogens is 4. The maximum absolute atomic E-state index is 12.8. The topological polar surface area (TPSA) is 9.23 Å². The molecular weight excluding hydrogens is 257 g/mol. The SMILES string of the molecule is C[Si](C)(Cl)O[C@H](c1ccccc1)C(F)(F)F. The molecule has 0 aliphatic carbocycles. The van der Waals surface area contributed by atoms with Gasteiger partial charge in [-0.3, -0.25) is 0 Å². The van der Waals surface area contributed by atoms with E-state index in [-0.39, 0.29) is 5.56 Å². The van der Waals surface area contributed by atoms with Gasteiger partial charge in [-0.1, -0.05) is 30.3 Å². The van der Waals surface area contributed by atoms with Crippen molar-refractivity contribution in [2.24, 2.45) is 0 Å². The van der Waals surface area contributed by atoms with E-state index in [1.165, 1.54) is 25.2 Å². The van der Waals surface area contributed by atoms with Crippen molar-refractivity contribution in [3.8, 4) is 0 Å². The van der Waals surface area contributed by atoms with Crippen LogP contribution < -0.4 is 0 Å². The van der Waals surface area contributed by atoms with Gasteiger partial charge in [-0.05, 0) is 18.7 Å². The van der Waals surface area contributed by atoms with Gasteiger partial charge in [0, 0.05) is 0 Å². The molecule has 16 heavy (non-hydrogen) atoms. The minimum Gasteiger partial charge on any atom is -0.388 e. The second-order valence-corrected chi connectivity index (χ2v) is 9.51. The van der Waals surface area contributed by atoms with E-state index >= 15 is 0 Å². The summed E-state index contributed by atoms with van der Waals surface area (Å²) in [5, 5.41) is 0. The molecule has 1 aromatic rings. The lowest BCUT2D eigenvalue weighted by molar-refractivity contribution is -0.199. The quantitative estimate of drug-likeness (QED) is 0.588. The molecule has 0 radical (unpaired) electrons. The molecule has 0 spiro atoms. The average molecular weight is 269 g/mol. The average Bonchev–Trinajstić information content (AvgIpc) is 2.13. The molecule has 1 aromatic carbocycles. The summed E-state index contributed by atoms with van der Waals surface area (Å²) >= 11 is 5.80. The minimum atomic E-state index is -4.44. The molecule has 0 fully saturated rings. The van der Waals surface area contributed by atoms with E-state index in [0.717, 1.165) is 0 Å². The maximum atomic E-state index is 12.8. The van der Waals surface area contributed by atoms with Gasteiger partial charge in [0.05, 0.1) is 0 Å². The zero-order valence-electron chi connectivity index (χ0n) is 8.88. The monoisotopic (exact) mass is 268 g/mol. The molecule has 1 rings (SSSR count). The van der Waals surface area contributed by atoms with Crippen molar-refractivity contribution in [1.82, 2.24) is 0 Å². The summed E-state index contributed by atoms with van der Waals surface area (Å²) in [7, 11) is -2.76. The van der Waals surface area contributed by atoms with Crippen molar-refractivity contribution < 1.29 is 17.6 Å². The highest BCUT2D eigenvalue weighted by molar-refractivity contribution is 7.15. The lowest BCUT2D eigenvalue weighted by Gasteiger charge is -2.26. The van der Waals surface area contributed by atoms with Crippen molar-refractivity contribution in [3.63, 3.8) is 0 Å². The maximum Gasteiger partial charge on any atom is 0.417 e. The predicted octanol–water partition coefficient (Wildman–Crippen LogP) is 4.25. The van der Waals surface area contributed by atoms with E-state index < -0.39 is 19.9 Å². The molecule has 90 valence electrons. The molecule has 0 bridgehead atoms. The first-order chi connectivity index (χ1) is 7.20. The summed E-state index contributed by atoms with van der Waals surface area (Å²) in [6.07, 6.45) is -6.38. The standard InChI is InChI=1S/C10H12ClF3OSi/c1-16(2,11)15-9(10(12,13)14)8-6-4-3-5-7-8/h3-7,9H,1-2H3/t9-/m1/s1. The molecule has 1 nitrogen and oxygen atoms in total. The number of rotatable bonds is 3. The summed E-state index contributed by atoms with van der Waals surface area (Å²) in [6, 6.07) is 7.50. The van der Waals surface area contributed by atoms with Gasteiger partial charge in [0.2, 0.25) is 0 Å². The summed E-state index contributed by atoms with van der Waals surface area (Å²) in [5.41, 5.74) is 0.0798. The lowest BCUT2D eigenvalue weighted by Crippen LogP contribution is -2.33. The highest BCUT2D eigenvalue weighted by atomic mass is 35.6. The molecule has 0 aliphatic heterocycles. The van der Waals surface area contributed by atoms with Gasteiger partial charge in [0.1, 0.15) is 0 Å². The molecule has 0 heterocycles. The van der Waals surface area contributed by atoms with Gasteiger partial charge in [-0.15, -0.1) is 11.1 Å². The van der Waals surface area contributed by atoms with Crippen molar-refractivity contribution >= 4 is 18.7 Å². The van der Waals surface area contributed by atoms with E-state index in [4.69, 9.17) is 15.5 Å². The van der Waals surface area contributed by atoms with Crippen molar-refractivity contribution in [2.75, 3.05) is 0 Å². The molecule has 0 aliphatic rings. The fourth-order valence-electron chi connectivity index (χ4n) is 1.23. The Bertz CT molecular complexity index is 334. The number of hydrogen-bond acceptors (Lipinski definition) is 1. The van der Waals surface area contributed by atoms with Gasteiger partial charge < -0.3 is 4.43 Å². The minimum absolute atomic E-state index is 0.0798. The van der Waals surface area contributed by atoms with Gasteiger partial charge >= 0.3 is 6.18 Å². The third-order valence-electron chi connectivity index (χ3n) is 1.80. The summed E-state index contributed by atoms with van der Waals surface area (Å²) < 4.78 is 43.3. The van der Waals surface area contributed by atoms with Crippen LogP contribution in [0.5, 0.6) is 0 Å². The fourth-order valence-corrected chi connectivity index (χ4v) is 2.33. The second kappa shape index (κ2) is 4.77. The molecule has 0 amide bonds. The van der Waals surface area contributed by atoms with Crippen molar-refractivity contribution in [2.45, 2.75) is 25.4 Å². The lowest BCUT2D eigenvalue weighted by atomic mass is 10.1. The zero-order chi connectivity index (χ0) is 12.4. The highest BCUT2D eigenvalue weighted by Crippen LogP contribution is 2.38. The van der Waals surface area contributed by atoms with Crippen LogP contribution in [-0.2, 0) is 4.43 Å². The predicted molar refractivity (Wildman–Crippen MR) is 59.7 cm³/mol. The van der Waals surface area contributed by atoms with Crippen LogP contribution in [0.1, 0.15) is 11.7 Å². The number of hydrogen-bond donors (Lipinski definition) is 0. The van der Waals surface area contributed by atoms with Crippen LogP contribution >= 0.6 is 11.1 Å². The molecule has 0 aromatic heterocycles. The first-order valence-corrected chi connectivity index (χ1v) is 8.60. The van der Waals surface area contributed by atoms with E-state index in [1.807, 2.05) is 0 Å². The van der Waals surface area contributed by atoms with Crippen LogP contribution in [0.25, 0.3) is 0 Å². The zero-order valence-corrected chi connectivity index (χ0v) is 10.6. The van der Waals surface area contributed by atoms with Crippen molar-refractivity contribution in [1.29, 1.82) is 0 Å². The van der Waals surface area contributed by atoms with Crippen LogP contribution in [0, 0.1) is 0 Å². The fraction of sp³-hybridized carbons (Fsp3) is 0.400. The Morgan fingerprint density at radius 1 is 1.19 bits per heavy atom. The Labute approximate surface area is 98.0 Å². The number of alkyl halides is 3. The second-order valence-electron chi connectivity index (χ2n) is 3.81. The summed E-state index contributed by atoms with van der Waals surface area (Å²) in [5.74, 6) is 0. The Morgan fingerprint density at radius 2 is 1.69 bits per heavy atom. The largest absolute Gasteiger partial charge is 0.417 e. The number of benzene rings is 1. The van der Waals surface area contributed by atoms with Crippen molar-refractivity contribution in [3.05, 3.63) is 35.9 Å². The highest BCUT2D eigenvalue weighted by Gasteiger charge is 2.44. The van der Waals surface area contributed by atoms with Gasteiger partial charge in [0.15, 0.2) is 6.10 Å². The van der Waals surface area contributed by atoms with Crippen LogP contribution in [0.15, 0.2) is 30.3 Å². The molecule has 0 saturated carbocycles. The van der Waals surface area contributed by atoms with Gasteiger partial charge in [-0.2, -0.15) is 13.2 Å². The van der Waals surface area contributed by atoms with Crippen LogP contribution in [-0.4, -0.2) is 13.8 Å². The van der Waals surface area contributed by atoms with Crippen LogP contribution in [0.3, 0.4) is 0 Å². The third kappa shape index (κ3) is 4.15. The molecular formula is C10H12ClF3OSi. The Kier molecular flexibility index (Phi) is 4.04. The van der Waals surface area contributed by atoms with E-state index in [1.54, 1.807) is 18.2 Å². The van der Waals surface area contributed by atoms with Crippen LogP contribution in [0.4, 0.5) is 13.2 Å². The molecule has 0 N–H and O–H groups in total. The molecule has 6 heteroatoms. The van der Waals surface area contributed by atoms with E-state index in [2.05, 4.69) is 0 Å². The van der Waals surface area contributed by atoms with Gasteiger partial charge in [0.25, 0.3) is 7.63 Å². The molecule has 1 atom stereocenters. The first kappa shape index (κ1) is 13.5. The van der Waals surface area contributed by atoms with Gasteiger partial charge in [-0.25, -0.2) is 0 Å². The summed E-state index contributed by atoms with van der Waals surface area (Å²) in [6.45, 7) is 3.02. The molecule has 0 unspecified atom stereocenters. The normalized spacial score (nSPS) is 14.9. The molecule has 0 saturated heterocycles. The Hall–Kier alpha value is -0.523. The Balaban J connectivity index is 2.98. The van der Waals surface area contributed by atoms with Crippen LogP contribution in [0.2, 0.25) is 13.1 Å². The third-order valence-corrected chi connectivity index (χ3v) is 2.86. The first-order valence-electron chi connectivity index (χ1n) is 4.68. The van der Waals surface area contributed by atoms with E-state index in [9.17, 15) is 13.2 Å².